The Hall–Kier alpha value is -1.26. The second kappa shape index (κ2) is 4.58. The summed E-state index contributed by atoms with van der Waals surface area (Å²) in [7, 11) is 0. The average Bonchev–Trinajstić information content (AvgIpc) is 2.63. The lowest BCUT2D eigenvalue weighted by molar-refractivity contribution is -0.119. The number of hydrogen-bond acceptors (Lipinski definition) is 4. The van der Waals surface area contributed by atoms with E-state index in [2.05, 4.69) is 14.8 Å². The first kappa shape index (κ1) is 8.83. The molecule has 0 radical (unpaired) electrons. The highest BCUT2D eigenvalue weighted by atomic mass is 16.8. The summed E-state index contributed by atoms with van der Waals surface area (Å²) in [6.07, 6.45) is 1.22. The van der Waals surface area contributed by atoms with Crippen LogP contribution in [0.4, 0.5) is 4.79 Å². The molecule has 0 unspecified atom stereocenters. The van der Waals surface area contributed by atoms with E-state index in [4.69, 9.17) is 0 Å². The maximum absolute atomic E-state index is 10.1. The van der Waals surface area contributed by atoms with Gasteiger partial charge in [-0.1, -0.05) is 0 Å². The number of nitrogens with one attached hydrogen (secondary N) is 1. The predicted molar refractivity (Wildman–Crippen MR) is 39.5 cm³/mol. The van der Waals surface area contributed by atoms with E-state index in [9.17, 15) is 9.59 Å². The summed E-state index contributed by atoms with van der Waals surface area (Å²) in [4.78, 5) is 19.9. The predicted octanol–water partition coefficient (Wildman–Crippen LogP) is 0.0496. The van der Waals surface area contributed by atoms with Crippen molar-refractivity contribution in [1.82, 2.24) is 5.32 Å². The minimum atomic E-state index is -0.546. The molecule has 5 nitrogen and oxygen atoms in total. The zero-order valence-corrected chi connectivity index (χ0v) is 6.67. The van der Waals surface area contributed by atoms with E-state index in [1.165, 1.54) is 0 Å². The normalized spacial score (nSPS) is 20.3. The summed E-state index contributed by atoms with van der Waals surface area (Å²) in [5.41, 5.74) is 0. The van der Waals surface area contributed by atoms with Gasteiger partial charge in [0.2, 0.25) is 5.91 Å². The van der Waals surface area contributed by atoms with Crippen LogP contribution in [-0.4, -0.2) is 31.8 Å². The van der Waals surface area contributed by atoms with Gasteiger partial charge in [0.05, 0.1) is 0 Å². The highest BCUT2D eigenvalue weighted by molar-refractivity contribution is 5.77. The Bertz CT molecular complexity index is 144. The lowest BCUT2D eigenvalue weighted by atomic mass is 10.4. The number of rotatable bonds is 0. The highest BCUT2D eigenvalue weighted by Gasteiger charge is 2.09. The fourth-order valence-corrected chi connectivity index (χ4v) is 0.857. The van der Waals surface area contributed by atoms with Crippen LogP contribution in [0.5, 0.6) is 0 Å². The van der Waals surface area contributed by atoms with Gasteiger partial charge in [-0.05, 0) is 6.42 Å². The van der Waals surface area contributed by atoms with E-state index in [0.29, 0.717) is 13.2 Å². The second-order valence-electron chi connectivity index (χ2n) is 2.40. The Morgan fingerprint density at radius 3 is 2.00 bits per heavy atom. The highest BCUT2D eigenvalue weighted by Crippen LogP contribution is 1.93. The molecule has 2 aliphatic rings. The molecule has 0 aliphatic carbocycles. The summed E-state index contributed by atoms with van der Waals surface area (Å²) in [5, 5.41) is 2.68. The smallest absolute Gasteiger partial charge is 0.431 e. The zero-order chi connectivity index (χ0) is 8.81. The van der Waals surface area contributed by atoms with E-state index in [-0.39, 0.29) is 5.91 Å². The van der Waals surface area contributed by atoms with Crippen LogP contribution in [0.25, 0.3) is 0 Å². The number of carbonyl (C=O) groups excluding carboxylic acids is 2. The third-order valence-corrected chi connectivity index (χ3v) is 1.43. The maximum Gasteiger partial charge on any atom is 0.508 e. The van der Waals surface area contributed by atoms with Crippen LogP contribution in [0.2, 0.25) is 0 Å². The SMILES string of the molecule is O=C1CCCN1.O=C1OCCO1. The Morgan fingerprint density at radius 2 is 1.83 bits per heavy atom. The van der Waals surface area contributed by atoms with Crippen LogP contribution in [0.1, 0.15) is 12.8 Å². The standard InChI is InChI=1S/C4H7NO.C3H4O3/c6-4-2-1-3-5-4;4-3-5-1-2-6-3/h1-3H2,(H,5,6);1-2H2. The topological polar surface area (TPSA) is 64.6 Å². The summed E-state index contributed by atoms with van der Waals surface area (Å²) < 4.78 is 8.58. The van der Waals surface area contributed by atoms with Crippen LogP contribution in [-0.2, 0) is 14.3 Å². The van der Waals surface area contributed by atoms with Crippen molar-refractivity contribution in [2.75, 3.05) is 19.8 Å². The van der Waals surface area contributed by atoms with Crippen molar-refractivity contribution in [3.05, 3.63) is 0 Å². The number of hydrogen-bond donors (Lipinski definition) is 1. The molecule has 2 saturated heterocycles. The first-order valence-electron chi connectivity index (χ1n) is 3.85. The molecule has 0 bridgehead atoms. The van der Waals surface area contributed by atoms with Crippen LogP contribution in [0.3, 0.4) is 0 Å². The summed E-state index contributed by atoms with van der Waals surface area (Å²) in [6.45, 7) is 1.72. The van der Waals surface area contributed by atoms with Crippen molar-refractivity contribution in [3.63, 3.8) is 0 Å². The first-order chi connectivity index (χ1) is 5.79. The van der Waals surface area contributed by atoms with Crippen molar-refractivity contribution in [2.24, 2.45) is 0 Å². The van der Waals surface area contributed by atoms with E-state index in [1.54, 1.807) is 0 Å². The third-order valence-electron chi connectivity index (χ3n) is 1.43. The molecule has 2 fully saturated rings. The fraction of sp³-hybridized carbons (Fsp3) is 0.714. The molecular weight excluding hydrogens is 162 g/mol. The van der Waals surface area contributed by atoms with Gasteiger partial charge in [-0.3, -0.25) is 4.79 Å². The Labute approximate surface area is 70.0 Å². The van der Waals surface area contributed by atoms with Crippen molar-refractivity contribution in [2.45, 2.75) is 12.8 Å². The molecule has 1 amide bonds. The number of carbonyl (C=O) groups is 2. The Balaban J connectivity index is 0.000000120. The number of ether oxygens (including phenoxy) is 2. The molecule has 2 heterocycles. The van der Waals surface area contributed by atoms with Gasteiger partial charge in [-0.2, -0.15) is 0 Å². The van der Waals surface area contributed by atoms with E-state index >= 15 is 0 Å². The molecule has 68 valence electrons. The summed E-state index contributed by atoms with van der Waals surface area (Å²) in [5.74, 6) is 0.204. The lowest BCUT2D eigenvalue weighted by Gasteiger charge is -1.80. The number of amides is 1. The minimum Gasteiger partial charge on any atom is -0.431 e. The average molecular weight is 173 g/mol. The van der Waals surface area contributed by atoms with Gasteiger partial charge in [0.15, 0.2) is 0 Å². The zero-order valence-electron chi connectivity index (χ0n) is 6.67. The van der Waals surface area contributed by atoms with Crippen molar-refractivity contribution in [3.8, 4) is 0 Å². The molecule has 2 aliphatic heterocycles. The van der Waals surface area contributed by atoms with Gasteiger partial charge in [0.1, 0.15) is 13.2 Å². The molecular formula is C7H11NO4. The molecule has 12 heavy (non-hydrogen) atoms. The largest absolute Gasteiger partial charge is 0.508 e. The van der Waals surface area contributed by atoms with E-state index in [0.717, 1.165) is 19.4 Å². The maximum atomic E-state index is 10.1. The molecule has 0 atom stereocenters. The summed E-state index contributed by atoms with van der Waals surface area (Å²) in [6, 6.07) is 0. The van der Waals surface area contributed by atoms with Gasteiger partial charge in [-0.15, -0.1) is 0 Å². The van der Waals surface area contributed by atoms with Crippen LogP contribution in [0.15, 0.2) is 0 Å². The monoisotopic (exact) mass is 173 g/mol. The van der Waals surface area contributed by atoms with Crippen LogP contribution < -0.4 is 5.32 Å². The van der Waals surface area contributed by atoms with Gasteiger partial charge < -0.3 is 14.8 Å². The molecule has 0 aromatic heterocycles. The van der Waals surface area contributed by atoms with Gasteiger partial charge in [-0.25, -0.2) is 4.79 Å². The molecule has 1 N–H and O–H groups in total. The molecule has 0 aromatic carbocycles. The molecule has 2 rings (SSSR count). The van der Waals surface area contributed by atoms with Gasteiger partial charge >= 0.3 is 6.16 Å². The molecule has 0 spiro atoms. The summed E-state index contributed by atoms with van der Waals surface area (Å²) >= 11 is 0. The fourth-order valence-electron chi connectivity index (χ4n) is 0.857. The number of cyclic esters (lactones) is 2. The third kappa shape index (κ3) is 3.23. The quantitative estimate of drug-likeness (QED) is 0.526. The Kier molecular flexibility index (Phi) is 3.37. The van der Waals surface area contributed by atoms with E-state index < -0.39 is 6.16 Å². The molecule has 0 saturated carbocycles. The second-order valence-corrected chi connectivity index (χ2v) is 2.40. The van der Waals surface area contributed by atoms with Gasteiger partial charge in [0, 0.05) is 13.0 Å². The van der Waals surface area contributed by atoms with E-state index in [1.807, 2.05) is 0 Å². The lowest BCUT2D eigenvalue weighted by Crippen LogP contribution is -2.12. The molecule has 0 aromatic rings. The minimum absolute atomic E-state index is 0.204. The first-order valence-corrected chi connectivity index (χ1v) is 3.85. The van der Waals surface area contributed by atoms with Gasteiger partial charge in [0.25, 0.3) is 0 Å². The Morgan fingerprint density at radius 1 is 1.17 bits per heavy atom. The molecule has 5 heteroatoms. The van der Waals surface area contributed by atoms with Crippen LogP contribution >= 0.6 is 0 Å². The van der Waals surface area contributed by atoms with Crippen molar-refractivity contribution >= 4 is 12.1 Å². The van der Waals surface area contributed by atoms with Crippen LogP contribution in [0, 0.1) is 0 Å². The van der Waals surface area contributed by atoms with Crippen molar-refractivity contribution < 1.29 is 19.1 Å². The van der Waals surface area contributed by atoms with Crippen molar-refractivity contribution in [1.29, 1.82) is 0 Å².